The molecule has 194 valence electrons. The van der Waals surface area contributed by atoms with E-state index in [0.717, 1.165) is 22.7 Å². The third-order valence-corrected chi connectivity index (χ3v) is 6.43. The van der Waals surface area contributed by atoms with Crippen molar-refractivity contribution in [1.82, 2.24) is 20.2 Å². The Morgan fingerprint density at radius 3 is 2.68 bits per heavy atom. The lowest BCUT2D eigenvalue weighted by Crippen LogP contribution is -2.20. The van der Waals surface area contributed by atoms with Crippen LogP contribution in [0.4, 0.5) is 5.69 Å². The van der Waals surface area contributed by atoms with Crippen molar-refractivity contribution in [3.8, 4) is 17.2 Å². The third kappa shape index (κ3) is 6.60. The van der Waals surface area contributed by atoms with Crippen LogP contribution in [0.3, 0.4) is 0 Å². The third-order valence-electron chi connectivity index (χ3n) is 5.50. The molecular formula is C28H28N6O3S. The molecule has 1 heterocycles. The molecule has 3 aromatic carbocycles. The zero-order valence-corrected chi connectivity index (χ0v) is 21.7. The molecule has 0 radical (unpaired) electrons. The maximum Gasteiger partial charge on any atom is 0.250 e. The number of hydrogen-bond acceptors (Lipinski definition) is 8. The number of methoxy groups -OCH3 is 1. The van der Waals surface area contributed by atoms with Gasteiger partial charge in [0, 0.05) is 11.3 Å². The Morgan fingerprint density at radius 1 is 1.11 bits per heavy atom. The van der Waals surface area contributed by atoms with Gasteiger partial charge in [-0.05, 0) is 42.3 Å². The number of hydrogen-bond donors (Lipinski definition) is 3. The van der Waals surface area contributed by atoms with Crippen molar-refractivity contribution in [2.24, 2.45) is 5.10 Å². The number of allylic oxidation sites excluding steroid dienone is 1. The number of nitrogens with zero attached hydrogens (tertiary/aromatic N) is 4. The number of rotatable bonds is 12. The zero-order valence-electron chi connectivity index (χ0n) is 20.9. The molecule has 0 atom stereocenters. The van der Waals surface area contributed by atoms with Crippen LogP contribution in [-0.4, -0.2) is 44.9 Å². The first kappa shape index (κ1) is 26.5. The number of hydrazone groups is 1. The minimum absolute atomic E-state index is 0.0741. The first-order valence-electron chi connectivity index (χ1n) is 11.8. The smallest absolute Gasteiger partial charge is 0.250 e. The van der Waals surface area contributed by atoms with E-state index in [4.69, 9.17) is 4.74 Å². The van der Waals surface area contributed by atoms with Gasteiger partial charge in [-0.2, -0.15) is 5.10 Å². The first-order chi connectivity index (χ1) is 18.6. The molecule has 0 saturated heterocycles. The second-order valence-corrected chi connectivity index (χ2v) is 9.00. The van der Waals surface area contributed by atoms with Crippen LogP contribution < -0.4 is 15.5 Å². The van der Waals surface area contributed by atoms with Crippen LogP contribution in [0, 0.1) is 0 Å². The van der Waals surface area contributed by atoms with E-state index in [1.165, 1.54) is 18.0 Å². The predicted molar refractivity (Wildman–Crippen MR) is 150 cm³/mol. The summed E-state index contributed by atoms with van der Waals surface area (Å²) in [6, 6.07) is 22.7. The highest BCUT2D eigenvalue weighted by atomic mass is 32.2. The van der Waals surface area contributed by atoms with Gasteiger partial charge in [0.05, 0.1) is 31.3 Å². The Kier molecular flexibility index (Phi) is 9.14. The van der Waals surface area contributed by atoms with Gasteiger partial charge < -0.3 is 15.2 Å². The van der Waals surface area contributed by atoms with Gasteiger partial charge in [-0.15, -0.1) is 16.8 Å². The molecule has 0 aliphatic carbocycles. The van der Waals surface area contributed by atoms with Crippen molar-refractivity contribution in [1.29, 1.82) is 0 Å². The molecule has 4 aromatic rings. The summed E-state index contributed by atoms with van der Waals surface area (Å²) < 4.78 is 7.33. The van der Waals surface area contributed by atoms with E-state index < -0.39 is 0 Å². The lowest BCUT2D eigenvalue weighted by Gasteiger charge is -2.13. The van der Waals surface area contributed by atoms with Gasteiger partial charge in [0.15, 0.2) is 11.0 Å². The van der Waals surface area contributed by atoms with Crippen LogP contribution in [0.5, 0.6) is 11.5 Å². The Morgan fingerprint density at radius 2 is 1.89 bits per heavy atom. The maximum absolute atomic E-state index is 12.5. The summed E-state index contributed by atoms with van der Waals surface area (Å²) in [5.74, 6) is 1.28. The number of nitrogens with one attached hydrogen (secondary N) is 2. The number of phenolic OH excluding ortho intramolecular Hbond substituents is 1. The van der Waals surface area contributed by atoms with Crippen molar-refractivity contribution >= 4 is 29.6 Å². The summed E-state index contributed by atoms with van der Waals surface area (Å²) in [4.78, 5) is 12.5. The molecular weight excluding hydrogens is 500 g/mol. The average Bonchev–Trinajstić information content (AvgIpc) is 3.36. The van der Waals surface area contributed by atoms with Crippen molar-refractivity contribution in [3.63, 3.8) is 0 Å². The molecule has 4 rings (SSSR count). The number of aromatic nitrogens is 3. The highest BCUT2D eigenvalue weighted by Gasteiger charge is 2.16. The summed E-state index contributed by atoms with van der Waals surface area (Å²) in [6.45, 7) is 4.09. The first-order valence-corrected chi connectivity index (χ1v) is 12.8. The van der Waals surface area contributed by atoms with E-state index in [-0.39, 0.29) is 17.4 Å². The van der Waals surface area contributed by atoms with Crippen LogP contribution in [0.1, 0.15) is 17.0 Å². The number of benzene rings is 3. The molecule has 10 heteroatoms. The van der Waals surface area contributed by atoms with E-state index in [9.17, 15) is 9.90 Å². The molecule has 0 bridgehead atoms. The monoisotopic (exact) mass is 528 g/mol. The van der Waals surface area contributed by atoms with Crippen molar-refractivity contribution in [2.75, 3.05) is 18.2 Å². The van der Waals surface area contributed by atoms with Crippen molar-refractivity contribution in [3.05, 3.63) is 102 Å². The number of para-hydroxylation sites is 4. The minimum Gasteiger partial charge on any atom is -0.507 e. The highest BCUT2D eigenvalue weighted by Crippen LogP contribution is 2.26. The standard InChI is InChI=1S/C28H28N6O3S/c1-3-10-20-11-9-12-21(27(20)36)17-30-32-26(35)19-38-28-33-31-25(34(28)22-13-5-4-6-14-22)18-29-23-15-7-8-16-24(23)37-2/h3-9,11-17,29,36H,1,10,18-19H2,2H3,(H,32,35)/b30-17-. The van der Waals surface area contributed by atoms with Crippen LogP contribution in [0.25, 0.3) is 5.69 Å². The lowest BCUT2D eigenvalue weighted by molar-refractivity contribution is -0.118. The maximum atomic E-state index is 12.5. The van der Waals surface area contributed by atoms with Gasteiger partial charge in [-0.25, -0.2) is 5.43 Å². The fourth-order valence-corrected chi connectivity index (χ4v) is 4.44. The van der Waals surface area contributed by atoms with Gasteiger partial charge in [-0.3, -0.25) is 9.36 Å². The molecule has 0 aliphatic rings. The van der Waals surface area contributed by atoms with Crippen LogP contribution in [0.15, 0.2) is 95.7 Å². The molecule has 9 nitrogen and oxygen atoms in total. The lowest BCUT2D eigenvalue weighted by atomic mass is 10.1. The second kappa shape index (κ2) is 13.1. The molecule has 0 spiro atoms. The number of amides is 1. The number of carbonyl (C=O) groups is 1. The fraction of sp³-hybridized carbons (Fsp3) is 0.143. The van der Waals surface area contributed by atoms with Gasteiger partial charge in [-0.1, -0.05) is 60.3 Å². The Labute approximate surface area is 225 Å². The Hall–Kier alpha value is -4.57. The van der Waals surface area contributed by atoms with Crippen molar-refractivity contribution in [2.45, 2.75) is 18.1 Å². The SMILES string of the molecule is C=CCc1cccc(/C=N\NC(=O)CSc2nnc(CNc3ccccc3OC)n2-c2ccccc2)c1O. The van der Waals surface area contributed by atoms with E-state index in [1.54, 1.807) is 19.3 Å². The molecule has 1 aromatic heterocycles. The fourth-order valence-electron chi connectivity index (χ4n) is 3.68. The quantitative estimate of drug-likeness (QED) is 0.107. The minimum atomic E-state index is -0.315. The van der Waals surface area contributed by atoms with E-state index >= 15 is 0 Å². The van der Waals surface area contributed by atoms with Gasteiger partial charge in [0.2, 0.25) is 0 Å². The Bertz CT molecular complexity index is 1420. The Balaban J connectivity index is 1.43. The van der Waals surface area contributed by atoms with Gasteiger partial charge in [0.1, 0.15) is 11.5 Å². The van der Waals surface area contributed by atoms with Crippen LogP contribution >= 0.6 is 11.8 Å². The second-order valence-electron chi connectivity index (χ2n) is 8.05. The number of thioether (sulfide) groups is 1. The average molecular weight is 529 g/mol. The summed E-state index contributed by atoms with van der Waals surface area (Å²) in [6.07, 6.45) is 3.66. The molecule has 0 saturated carbocycles. The summed E-state index contributed by atoms with van der Waals surface area (Å²) >= 11 is 1.25. The largest absolute Gasteiger partial charge is 0.507 e. The van der Waals surface area contributed by atoms with Crippen molar-refractivity contribution < 1.29 is 14.6 Å². The number of anilines is 1. The summed E-state index contributed by atoms with van der Waals surface area (Å²) in [5.41, 5.74) is 5.46. The zero-order chi connectivity index (χ0) is 26.7. The molecule has 0 aliphatic heterocycles. The number of carbonyl (C=O) groups excluding carboxylic acids is 1. The van der Waals surface area contributed by atoms with Gasteiger partial charge >= 0.3 is 0 Å². The van der Waals surface area contributed by atoms with E-state index in [2.05, 4.69) is 32.6 Å². The number of aromatic hydroxyl groups is 1. The topological polar surface area (TPSA) is 114 Å². The van der Waals surface area contributed by atoms with E-state index in [1.807, 2.05) is 71.3 Å². The molecule has 1 amide bonds. The van der Waals surface area contributed by atoms with Gasteiger partial charge in [0.25, 0.3) is 5.91 Å². The number of ether oxygens (including phenoxy) is 1. The number of phenols is 1. The van der Waals surface area contributed by atoms with Crippen LogP contribution in [-0.2, 0) is 17.8 Å². The molecule has 0 fully saturated rings. The summed E-state index contributed by atoms with van der Waals surface area (Å²) in [7, 11) is 1.62. The van der Waals surface area contributed by atoms with E-state index in [0.29, 0.717) is 29.5 Å². The molecule has 0 unspecified atom stereocenters. The highest BCUT2D eigenvalue weighted by molar-refractivity contribution is 7.99. The molecule has 38 heavy (non-hydrogen) atoms. The predicted octanol–water partition coefficient (Wildman–Crippen LogP) is 4.56. The van der Waals surface area contributed by atoms with Crippen LogP contribution in [0.2, 0.25) is 0 Å². The normalized spacial score (nSPS) is 10.9. The molecule has 3 N–H and O–H groups in total. The summed E-state index contributed by atoms with van der Waals surface area (Å²) in [5, 5.41) is 26.9.